The molecular formula is C9H17NO3. The van der Waals surface area contributed by atoms with Gasteiger partial charge in [-0.05, 0) is 13.3 Å². The van der Waals surface area contributed by atoms with Crippen molar-refractivity contribution in [3.63, 3.8) is 0 Å². The second-order valence-corrected chi connectivity index (χ2v) is 3.65. The molecule has 0 aliphatic carbocycles. The molecule has 2 unspecified atom stereocenters. The number of likely N-dealkylation sites (tertiary alicyclic amines) is 1. The maximum Gasteiger partial charge on any atom is 0.251 e. The predicted molar refractivity (Wildman–Crippen MR) is 48.0 cm³/mol. The summed E-state index contributed by atoms with van der Waals surface area (Å²) in [6.45, 7) is 4.38. The second-order valence-electron chi connectivity index (χ2n) is 3.65. The molecule has 0 spiro atoms. The van der Waals surface area contributed by atoms with E-state index in [1.54, 1.807) is 0 Å². The number of β-amino-alcohol motifs (C(OH)–C–C–N with tert-alkyl or cyclic N) is 1. The van der Waals surface area contributed by atoms with Crippen LogP contribution in [-0.2, 0) is 4.79 Å². The zero-order chi connectivity index (χ0) is 10.0. The van der Waals surface area contributed by atoms with Gasteiger partial charge >= 0.3 is 0 Å². The molecule has 1 heterocycles. The number of amides is 1. The van der Waals surface area contributed by atoms with Crippen LogP contribution >= 0.6 is 0 Å². The highest BCUT2D eigenvalue weighted by Gasteiger charge is 2.33. The maximum absolute atomic E-state index is 11.3. The van der Waals surface area contributed by atoms with E-state index in [4.69, 9.17) is 5.11 Å². The normalized spacial score (nSPS) is 30.6. The third-order valence-corrected chi connectivity index (χ3v) is 2.60. The smallest absolute Gasteiger partial charge is 0.251 e. The van der Waals surface area contributed by atoms with Crippen molar-refractivity contribution < 1.29 is 15.0 Å². The molecule has 3 atom stereocenters. The molecular weight excluding hydrogens is 170 g/mol. The zero-order valence-corrected chi connectivity index (χ0v) is 8.10. The molecule has 1 aliphatic heterocycles. The number of aliphatic hydroxyl groups excluding tert-OH is 2. The number of carbonyl (C=O) groups excluding carboxylic acids is 1. The highest BCUT2D eigenvalue weighted by Crippen LogP contribution is 2.20. The molecule has 76 valence electrons. The first-order valence-electron chi connectivity index (χ1n) is 4.71. The number of hydrogen-bond acceptors (Lipinski definition) is 3. The summed E-state index contributed by atoms with van der Waals surface area (Å²) in [5, 5.41) is 18.6. The highest BCUT2D eigenvalue weighted by atomic mass is 16.3. The van der Waals surface area contributed by atoms with Crippen molar-refractivity contribution in [1.29, 1.82) is 0 Å². The Morgan fingerprint density at radius 2 is 2.23 bits per heavy atom. The summed E-state index contributed by atoms with van der Waals surface area (Å²) in [4.78, 5) is 12.8. The molecule has 4 nitrogen and oxygen atoms in total. The van der Waals surface area contributed by atoms with Crippen molar-refractivity contribution in [3.05, 3.63) is 0 Å². The Morgan fingerprint density at radius 1 is 1.62 bits per heavy atom. The van der Waals surface area contributed by atoms with E-state index in [9.17, 15) is 9.90 Å². The molecule has 0 aromatic carbocycles. The van der Waals surface area contributed by atoms with Crippen LogP contribution in [0.15, 0.2) is 0 Å². The first-order chi connectivity index (χ1) is 6.06. The van der Waals surface area contributed by atoms with Crippen LogP contribution in [0.2, 0.25) is 0 Å². The zero-order valence-electron chi connectivity index (χ0n) is 8.10. The summed E-state index contributed by atoms with van der Waals surface area (Å²) in [5.74, 6) is -0.113. The molecule has 0 radical (unpaired) electrons. The molecule has 4 heteroatoms. The van der Waals surface area contributed by atoms with Gasteiger partial charge in [0.2, 0.25) is 0 Å². The lowest BCUT2D eigenvalue weighted by Crippen LogP contribution is -2.36. The minimum absolute atomic E-state index is 0.169. The van der Waals surface area contributed by atoms with E-state index in [0.29, 0.717) is 13.1 Å². The quantitative estimate of drug-likeness (QED) is 0.618. The van der Waals surface area contributed by atoms with Crippen LogP contribution in [-0.4, -0.2) is 46.3 Å². The van der Waals surface area contributed by atoms with Crippen LogP contribution < -0.4 is 0 Å². The Balaban J connectivity index is 2.53. The molecule has 1 rings (SSSR count). The molecule has 0 aromatic rings. The van der Waals surface area contributed by atoms with Gasteiger partial charge in [0, 0.05) is 19.0 Å². The van der Waals surface area contributed by atoms with Gasteiger partial charge in [0.1, 0.15) is 6.10 Å². The van der Waals surface area contributed by atoms with E-state index in [1.165, 1.54) is 11.8 Å². The first kappa shape index (κ1) is 10.5. The number of aliphatic hydroxyl groups is 2. The van der Waals surface area contributed by atoms with E-state index < -0.39 is 12.2 Å². The summed E-state index contributed by atoms with van der Waals surface area (Å²) < 4.78 is 0. The SMILES string of the molecule is CCC1CN(C(=O)[C@H](C)O)CC1O. The lowest BCUT2D eigenvalue weighted by Gasteiger charge is -2.17. The third-order valence-electron chi connectivity index (χ3n) is 2.60. The van der Waals surface area contributed by atoms with E-state index in [1.807, 2.05) is 6.92 Å². The van der Waals surface area contributed by atoms with Gasteiger partial charge in [-0.3, -0.25) is 4.79 Å². The average molecular weight is 187 g/mol. The highest BCUT2D eigenvalue weighted by molar-refractivity contribution is 5.80. The van der Waals surface area contributed by atoms with Gasteiger partial charge in [-0.15, -0.1) is 0 Å². The van der Waals surface area contributed by atoms with Crippen molar-refractivity contribution in [2.45, 2.75) is 32.5 Å². The molecule has 13 heavy (non-hydrogen) atoms. The number of nitrogens with zero attached hydrogens (tertiary/aromatic N) is 1. The number of rotatable bonds is 2. The average Bonchev–Trinajstić information content (AvgIpc) is 2.45. The summed E-state index contributed by atoms with van der Waals surface area (Å²) in [6.07, 6.45) is -0.513. The van der Waals surface area contributed by atoms with Gasteiger partial charge in [-0.1, -0.05) is 6.92 Å². The molecule has 1 saturated heterocycles. The van der Waals surface area contributed by atoms with Crippen LogP contribution in [0.25, 0.3) is 0 Å². The second kappa shape index (κ2) is 4.07. The number of hydrogen-bond donors (Lipinski definition) is 2. The summed E-state index contributed by atoms with van der Waals surface area (Å²) in [7, 11) is 0. The molecule has 2 N–H and O–H groups in total. The fourth-order valence-corrected chi connectivity index (χ4v) is 1.70. The molecule has 0 bridgehead atoms. The van der Waals surface area contributed by atoms with Crippen molar-refractivity contribution >= 4 is 5.91 Å². The Kier molecular flexibility index (Phi) is 3.27. The van der Waals surface area contributed by atoms with E-state index in [0.717, 1.165) is 6.42 Å². The van der Waals surface area contributed by atoms with Gasteiger partial charge in [0.05, 0.1) is 6.10 Å². The Labute approximate surface area is 78.2 Å². The molecule has 1 fully saturated rings. The van der Waals surface area contributed by atoms with Gasteiger partial charge in [0.25, 0.3) is 5.91 Å². The van der Waals surface area contributed by atoms with Gasteiger partial charge in [-0.25, -0.2) is 0 Å². The van der Waals surface area contributed by atoms with E-state index in [2.05, 4.69) is 0 Å². The van der Waals surface area contributed by atoms with Crippen molar-refractivity contribution in [2.24, 2.45) is 5.92 Å². The van der Waals surface area contributed by atoms with Crippen molar-refractivity contribution in [3.8, 4) is 0 Å². The predicted octanol–water partition coefficient (Wildman–Crippen LogP) is -0.404. The van der Waals surface area contributed by atoms with Crippen molar-refractivity contribution in [2.75, 3.05) is 13.1 Å². The first-order valence-corrected chi connectivity index (χ1v) is 4.71. The van der Waals surface area contributed by atoms with Crippen LogP contribution in [0.3, 0.4) is 0 Å². The molecule has 1 amide bonds. The minimum Gasteiger partial charge on any atom is -0.391 e. The Morgan fingerprint density at radius 3 is 2.62 bits per heavy atom. The maximum atomic E-state index is 11.3. The van der Waals surface area contributed by atoms with Crippen molar-refractivity contribution in [1.82, 2.24) is 4.90 Å². The standard InChI is InChI=1S/C9H17NO3/c1-3-7-4-10(5-8(7)12)9(13)6(2)11/h6-8,11-12H,3-5H2,1-2H3/t6-,7?,8?/m0/s1. The van der Waals surface area contributed by atoms with Crippen LogP contribution in [0.4, 0.5) is 0 Å². The minimum atomic E-state index is -0.956. The fourth-order valence-electron chi connectivity index (χ4n) is 1.70. The molecule has 1 aliphatic rings. The lowest BCUT2D eigenvalue weighted by atomic mass is 10.0. The van der Waals surface area contributed by atoms with Crippen LogP contribution in [0.5, 0.6) is 0 Å². The lowest BCUT2D eigenvalue weighted by molar-refractivity contribution is -0.138. The summed E-state index contributed by atoms with van der Waals surface area (Å²) in [5.41, 5.74) is 0. The van der Waals surface area contributed by atoms with Crippen LogP contribution in [0.1, 0.15) is 20.3 Å². The monoisotopic (exact) mass is 187 g/mol. The summed E-state index contributed by atoms with van der Waals surface area (Å²) >= 11 is 0. The third kappa shape index (κ3) is 2.19. The van der Waals surface area contributed by atoms with E-state index >= 15 is 0 Å². The van der Waals surface area contributed by atoms with Crippen LogP contribution in [0, 0.1) is 5.92 Å². The summed E-state index contributed by atoms with van der Waals surface area (Å²) in [6, 6.07) is 0. The van der Waals surface area contributed by atoms with Gasteiger partial charge in [0.15, 0.2) is 0 Å². The molecule has 0 aromatic heterocycles. The van der Waals surface area contributed by atoms with E-state index in [-0.39, 0.29) is 11.8 Å². The topological polar surface area (TPSA) is 60.8 Å². The Hall–Kier alpha value is -0.610. The fraction of sp³-hybridized carbons (Fsp3) is 0.889. The number of carbonyl (C=O) groups is 1. The van der Waals surface area contributed by atoms with Gasteiger partial charge in [-0.2, -0.15) is 0 Å². The largest absolute Gasteiger partial charge is 0.391 e. The van der Waals surface area contributed by atoms with Gasteiger partial charge < -0.3 is 15.1 Å². The molecule has 0 saturated carbocycles. The Bertz CT molecular complexity index is 193.